The van der Waals surface area contributed by atoms with Crippen molar-refractivity contribution >= 4 is 11.4 Å². The van der Waals surface area contributed by atoms with Crippen LogP contribution in [0.25, 0.3) is 0 Å². The molecule has 0 amide bonds. The fourth-order valence-electron chi connectivity index (χ4n) is 1.48. The van der Waals surface area contributed by atoms with Crippen molar-refractivity contribution in [3.05, 3.63) is 33.9 Å². The van der Waals surface area contributed by atoms with E-state index in [-0.39, 0.29) is 11.7 Å². The molecular weight excluding hydrogens is 220 g/mol. The van der Waals surface area contributed by atoms with E-state index in [4.69, 9.17) is 4.74 Å². The second-order valence-electron chi connectivity index (χ2n) is 3.96. The van der Waals surface area contributed by atoms with Gasteiger partial charge >= 0.3 is 0 Å². The van der Waals surface area contributed by atoms with Gasteiger partial charge in [-0.25, -0.2) is 0 Å². The average molecular weight is 238 g/mol. The average Bonchev–Trinajstić information content (AvgIpc) is 2.29. The summed E-state index contributed by atoms with van der Waals surface area (Å²) in [6, 6.07) is 4.93. The number of nitrogens with one attached hydrogen (secondary N) is 1. The van der Waals surface area contributed by atoms with E-state index in [9.17, 15) is 10.1 Å². The largest absolute Gasteiger partial charge is 0.380 e. The van der Waals surface area contributed by atoms with Gasteiger partial charge in [-0.3, -0.25) is 10.1 Å². The maximum absolute atomic E-state index is 10.7. The first-order valence-corrected chi connectivity index (χ1v) is 5.64. The number of ether oxygens (including phenoxy) is 1. The van der Waals surface area contributed by atoms with Crippen molar-refractivity contribution in [1.29, 1.82) is 0 Å². The summed E-state index contributed by atoms with van der Waals surface area (Å²) in [7, 11) is 0. The zero-order chi connectivity index (χ0) is 12.8. The molecule has 0 heterocycles. The normalized spacial score (nSPS) is 12.2. The Bertz CT molecular complexity index is 393. The number of nitrogens with zero attached hydrogens (tertiary/aromatic N) is 1. The molecule has 1 unspecified atom stereocenters. The summed E-state index contributed by atoms with van der Waals surface area (Å²) < 4.78 is 5.29. The summed E-state index contributed by atoms with van der Waals surface area (Å²) >= 11 is 0. The Balaban J connectivity index is 2.75. The lowest BCUT2D eigenvalue weighted by atomic mass is 10.1. The van der Waals surface area contributed by atoms with Crippen LogP contribution in [-0.2, 0) is 4.74 Å². The van der Waals surface area contributed by atoms with Gasteiger partial charge in [0.25, 0.3) is 5.69 Å². The van der Waals surface area contributed by atoms with E-state index in [1.807, 2.05) is 20.8 Å². The van der Waals surface area contributed by atoms with Crippen LogP contribution in [0.1, 0.15) is 19.4 Å². The number of nitro groups is 1. The fraction of sp³-hybridized carbons (Fsp3) is 0.500. The molecule has 1 aromatic rings. The summed E-state index contributed by atoms with van der Waals surface area (Å²) in [5, 5.41) is 13.9. The van der Waals surface area contributed by atoms with Gasteiger partial charge in [-0.2, -0.15) is 0 Å². The van der Waals surface area contributed by atoms with E-state index < -0.39 is 4.92 Å². The highest BCUT2D eigenvalue weighted by Gasteiger charge is 2.10. The quantitative estimate of drug-likeness (QED) is 0.611. The summed E-state index contributed by atoms with van der Waals surface area (Å²) in [4.78, 5) is 10.3. The molecular formula is C12H18N2O3. The van der Waals surface area contributed by atoms with Crippen LogP contribution in [0.5, 0.6) is 0 Å². The molecule has 5 heteroatoms. The van der Waals surface area contributed by atoms with E-state index in [1.54, 1.807) is 12.1 Å². The first-order chi connectivity index (χ1) is 8.04. The monoisotopic (exact) mass is 238 g/mol. The topological polar surface area (TPSA) is 64.4 Å². The van der Waals surface area contributed by atoms with Crippen LogP contribution in [0.15, 0.2) is 18.2 Å². The van der Waals surface area contributed by atoms with Gasteiger partial charge in [0.15, 0.2) is 0 Å². The zero-order valence-corrected chi connectivity index (χ0v) is 10.4. The van der Waals surface area contributed by atoms with Crippen LogP contribution < -0.4 is 5.32 Å². The molecule has 0 fully saturated rings. The van der Waals surface area contributed by atoms with Gasteiger partial charge in [-0.15, -0.1) is 0 Å². The van der Waals surface area contributed by atoms with Crippen LogP contribution in [-0.4, -0.2) is 24.2 Å². The molecule has 0 radical (unpaired) electrons. The summed E-state index contributed by atoms with van der Waals surface area (Å²) in [5.41, 5.74) is 1.87. The van der Waals surface area contributed by atoms with Gasteiger partial charge < -0.3 is 10.1 Å². The third-order valence-electron chi connectivity index (χ3n) is 2.41. The zero-order valence-electron chi connectivity index (χ0n) is 10.4. The third-order valence-corrected chi connectivity index (χ3v) is 2.41. The molecule has 1 N–H and O–H groups in total. The number of anilines is 1. The second-order valence-corrected chi connectivity index (χ2v) is 3.96. The van der Waals surface area contributed by atoms with E-state index in [0.29, 0.717) is 13.2 Å². The van der Waals surface area contributed by atoms with Gasteiger partial charge in [-0.05, 0) is 26.3 Å². The van der Waals surface area contributed by atoms with E-state index in [1.165, 1.54) is 6.07 Å². The fourth-order valence-corrected chi connectivity index (χ4v) is 1.48. The molecule has 0 aliphatic rings. The Morgan fingerprint density at radius 1 is 1.53 bits per heavy atom. The molecule has 0 aliphatic heterocycles. The number of non-ortho nitro benzene ring substituents is 1. The van der Waals surface area contributed by atoms with Crippen molar-refractivity contribution in [3.8, 4) is 0 Å². The lowest BCUT2D eigenvalue weighted by Crippen LogP contribution is -2.22. The molecule has 94 valence electrons. The van der Waals surface area contributed by atoms with Crippen molar-refractivity contribution in [3.63, 3.8) is 0 Å². The van der Waals surface area contributed by atoms with Crippen LogP contribution in [0, 0.1) is 17.0 Å². The maximum Gasteiger partial charge on any atom is 0.271 e. The molecule has 0 saturated heterocycles. The highest BCUT2D eigenvalue weighted by molar-refractivity contribution is 5.57. The molecule has 1 atom stereocenters. The highest BCUT2D eigenvalue weighted by Crippen LogP contribution is 2.22. The SMILES string of the molecule is CCOCC(C)Nc1cc([N+](=O)[O-])ccc1C. The number of hydrogen-bond acceptors (Lipinski definition) is 4. The van der Waals surface area contributed by atoms with Crippen LogP contribution in [0.3, 0.4) is 0 Å². The van der Waals surface area contributed by atoms with Gasteiger partial charge in [0.2, 0.25) is 0 Å². The first-order valence-electron chi connectivity index (χ1n) is 5.64. The first kappa shape index (κ1) is 13.4. The summed E-state index contributed by atoms with van der Waals surface area (Å²) in [6.45, 7) is 7.08. The third kappa shape index (κ3) is 4.03. The number of nitro benzene ring substituents is 1. The minimum absolute atomic E-state index is 0.0988. The predicted molar refractivity (Wildman–Crippen MR) is 67.4 cm³/mol. The molecule has 0 bridgehead atoms. The van der Waals surface area contributed by atoms with E-state index in [2.05, 4.69) is 5.32 Å². The van der Waals surface area contributed by atoms with Crippen molar-refractivity contribution in [2.24, 2.45) is 0 Å². The minimum Gasteiger partial charge on any atom is -0.380 e. The predicted octanol–water partition coefficient (Wildman–Crippen LogP) is 2.74. The molecule has 0 aromatic heterocycles. The Kier molecular flexibility index (Phi) is 4.90. The van der Waals surface area contributed by atoms with E-state index >= 15 is 0 Å². The number of aryl methyl sites for hydroxylation is 1. The van der Waals surface area contributed by atoms with Crippen LogP contribution in [0.2, 0.25) is 0 Å². The van der Waals surface area contributed by atoms with E-state index in [0.717, 1.165) is 11.3 Å². The number of rotatable bonds is 6. The smallest absolute Gasteiger partial charge is 0.271 e. The Morgan fingerprint density at radius 2 is 2.24 bits per heavy atom. The molecule has 17 heavy (non-hydrogen) atoms. The molecule has 0 aliphatic carbocycles. The number of benzene rings is 1. The Labute approximate surface area is 101 Å². The highest BCUT2D eigenvalue weighted by atomic mass is 16.6. The van der Waals surface area contributed by atoms with Crippen LogP contribution >= 0.6 is 0 Å². The van der Waals surface area contributed by atoms with Crippen molar-refractivity contribution in [2.45, 2.75) is 26.8 Å². The molecule has 0 spiro atoms. The van der Waals surface area contributed by atoms with Gasteiger partial charge in [-0.1, -0.05) is 6.07 Å². The standard InChI is InChI=1S/C12H18N2O3/c1-4-17-8-10(3)13-12-7-11(14(15)16)6-5-9(12)2/h5-7,10,13H,4,8H2,1-3H3. The molecule has 5 nitrogen and oxygen atoms in total. The summed E-state index contributed by atoms with van der Waals surface area (Å²) in [6.07, 6.45) is 0. The van der Waals surface area contributed by atoms with Gasteiger partial charge in [0, 0.05) is 30.5 Å². The van der Waals surface area contributed by atoms with Crippen LogP contribution in [0.4, 0.5) is 11.4 Å². The maximum atomic E-state index is 10.7. The molecule has 0 saturated carbocycles. The Hall–Kier alpha value is -1.62. The lowest BCUT2D eigenvalue weighted by molar-refractivity contribution is -0.384. The van der Waals surface area contributed by atoms with Crippen molar-refractivity contribution < 1.29 is 9.66 Å². The van der Waals surface area contributed by atoms with Crippen molar-refractivity contribution in [2.75, 3.05) is 18.5 Å². The second kappa shape index (κ2) is 6.20. The van der Waals surface area contributed by atoms with Gasteiger partial charge in [0.1, 0.15) is 0 Å². The molecule has 1 rings (SSSR count). The lowest BCUT2D eigenvalue weighted by Gasteiger charge is -2.16. The number of hydrogen-bond donors (Lipinski definition) is 1. The van der Waals surface area contributed by atoms with Crippen molar-refractivity contribution in [1.82, 2.24) is 0 Å². The minimum atomic E-state index is -0.391. The Morgan fingerprint density at radius 3 is 2.82 bits per heavy atom. The summed E-state index contributed by atoms with van der Waals surface area (Å²) in [5.74, 6) is 0. The van der Waals surface area contributed by atoms with Gasteiger partial charge in [0.05, 0.1) is 11.5 Å². The molecule has 1 aromatic carbocycles.